The maximum atomic E-state index is 11.3. The van der Waals surface area contributed by atoms with Crippen LogP contribution >= 0.6 is 0 Å². The Morgan fingerprint density at radius 1 is 1.33 bits per heavy atom. The summed E-state index contributed by atoms with van der Waals surface area (Å²) in [5, 5.41) is 12.7. The summed E-state index contributed by atoms with van der Waals surface area (Å²) in [7, 11) is 0. The number of hydrogen-bond acceptors (Lipinski definition) is 3. The van der Waals surface area contributed by atoms with Gasteiger partial charge in [-0.2, -0.15) is 5.10 Å². The fraction of sp³-hybridized carbons (Fsp3) is 0.0909. The molecule has 0 unspecified atom stereocenters. The molecule has 0 aromatic heterocycles. The standard InChI is InChI=1S/C11H10N2O2/c14-7-10-9(11(15)13-12-10)6-8-4-2-1-3-5-8/h1-6,14H,7H2,(H,13,15). The lowest BCUT2D eigenvalue weighted by atomic mass is 10.1. The number of aliphatic hydroxyl groups is 1. The van der Waals surface area contributed by atoms with Crippen LogP contribution in [0.1, 0.15) is 5.56 Å². The van der Waals surface area contributed by atoms with E-state index in [9.17, 15) is 4.79 Å². The van der Waals surface area contributed by atoms with E-state index in [1.165, 1.54) is 0 Å². The lowest BCUT2D eigenvalue weighted by molar-refractivity contribution is -0.116. The second-order valence-corrected chi connectivity index (χ2v) is 3.13. The van der Waals surface area contributed by atoms with E-state index < -0.39 is 0 Å². The van der Waals surface area contributed by atoms with Gasteiger partial charge in [0.05, 0.1) is 17.9 Å². The fourth-order valence-corrected chi connectivity index (χ4v) is 1.36. The summed E-state index contributed by atoms with van der Waals surface area (Å²) in [4.78, 5) is 11.3. The van der Waals surface area contributed by atoms with Gasteiger partial charge in [0, 0.05) is 0 Å². The third-order valence-electron chi connectivity index (χ3n) is 2.11. The zero-order valence-corrected chi connectivity index (χ0v) is 7.97. The van der Waals surface area contributed by atoms with Gasteiger partial charge in [-0.05, 0) is 11.6 Å². The zero-order chi connectivity index (χ0) is 10.7. The molecule has 0 saturated carbocycles. The van der Waals surface area contributed by atoms with Gasteiger partial charge in [0.25, 0.3) is 5.91 Å². The summed E-state index contributed by atoms with van der Waals surface area (Å²) in [6.45, 7) is -0.239. The lowest BCUT2D eigenvalue weighted by Gasteiger charge is -1.97. The highest BCUT2D eigenvalue weighted by Gasteiger charge is 2.21. The molecule has 1 aliphatic heterocycles. The fourth-order valence-electron chi connectivity index (χ4n) is 1.36. The van der Waals surface area contributed by atoms with Crippen LogP contribution in [0.25, 0.3) is 6.08 Å². The molecule has 0 aliphatic carbocycles. The largest absolute Gasteiger partial charge is 0.390 e. The zero-order valence-electron chi connectivity index (χ0n) is 7.97. The van der Waals surface area contributed by atoms with Crippen molar-refractivity contribution >= 4 is 17.7 Å². The van der Waals surface area contributed by atoms with Crippen molar-refractivity contribution < 1.29 is 9.90 Å². The predicted octanol–water partition coefficient (Wildman–Crippen LogP) is 0.548. The molecule has 1 aliphatic rings. The second-order valence-electron chi connectivity index (χ2n) is 3.13. The van der Waals surface area contributed by atoms with Crippen LogP contribution in [-0.4, -0.2) is 23.3 Å². The van der Waals surface area contributed by atoms with Crippen molar-refractivity contribution in [2.24, 2.45) is 5.10 Å². The predicted molar refractivity (Wildman–Crippen MR) is 57.1 cm³/mol. The van der Waals surface area contributed by atoms with Crippen LogP contribution in [0.15, 0.2) is 41.0 Å². The van der Waals surface area contributed by atoms with Gasteiger partial charge in [-0.25, -0.2) is 5.43 Å². The minimum Gasteiger partial charge on any atom is -0.390 e. The van der Waals surface area contributed by atoms with E-state index in [-0.39, 0.29) is 12.5 Å². The Labute approximate surface area is 86.9 Å². The third-order valence-corrected chi connectivity index (χ3v) is 2.11. The number of aliphatic hydroxyl groups excluding tert-OH is 1. The Bertz CT molecular complexity index is 435. The number of benzene rings is 1. The van der Waals surface area contributed by atoms with E-state index in [0.717, 1.165) is 5.56 Å². The summed E-state index contributed by atoms with van der Waals surface area (Å²) in [6, 6.07) is 9.43. The smallest absolute Gasteiger partial charge is 0.273 e. The highest BCUT2D eigenvalue weighted by Crippen LogP contribution is 2.11. The summed E-state index contributed by atoms with van der Waals surface area (Å²) in [5.74, 6) is -0.275. The van der Waals surface area contributed by atoms with Crippen molar-refractivity contribution in [1.29, 1.82) is 0 Å². The molecule has 4 nitrogen and oxygen atoms in total. The van der Waals surface area contributed by atoms with Crippen molar-refractivity contribution in [3.63, 3.8) is 0 Å². The van der Waals surface area contributed by atoms with Crippen LogP contribution in [-0.2, 0) is 4.79 Å². The molecule has 1 aromatic carbocycles. The van der Waals surface area contributed by atoms with Crippen LogP contribution < -0.4 is 5.43 Å². The number of hydrogen-bond donors (Lipinski definition) is 2. The van der Waals surface area contributed by atoms with E-state index in [1.807, 2.05) is 30.3 Å². The molecule has 0 fully saturated rings. The van der Waals surface area contributed by atoms with Crippen LogP contribution in [0.2, 0.25) is 0 Å². The van der Waals surface area contributed by atoms with E-state index >= 15 is 0 Å². The van der Waals surface area contributed by atoms with Gasteiger partial charge in [-0.1, -0.05) is 30.3 Å². The first-order valence-electron chi connectivity index (χ1n) is 4.56. The van der Waals surface area contributed by atoms with Crippen LogP contribution in [0.4, 0.5) is 0 Å². The molecule has 1 aromatic rings. The minimum absolute atomic E-state index is 0.239. The Balaban J connectivity index is 2.34. The number of nitrogens with one attached hydrogen (secondary N) is 1. The van der Waals surface area contributed by atoms with Crippen LogP contribution in [0.3, 0.4) is 0 Å². The molecule has 2 rings (SSSR count). The number of amides is 1. The number of nitrogens with zero attached hydrogens (tertiary/aromatic N) is 1. The van der Waals surface area contributed by atoms with Gasteiger partial charge in [0.1, 0.15) is 0 Å². The molecule has 0 bridgehead atoms. The Hall–Kier alpha value is -1.94. The van der Waals surface area contributed by atoms with Gasteiger partial charge in [0.2, 0.25) is 0 Å². The molecule has 15 heavy (non-hydrogen) atoms. The highest BCUT2D eigenvalue weighted by molar-refractivity contribution is 6.27. The van der Waals surface area contributed by atoms with Crippen molar-refractivity contribution in [3.8, 4) is 0 Å². The summed E-state index contributed by atoms with van der Waals surface area (Å²) < 4.78 is 0. The highest BCUT2D eigenvalue weighted by atomic mass is 16.3. The Morgan fingerprint density at radius 2 is 2.07 bits per heavy atom. The van der Waals surface area contributed by atoms with Gasteiger partial charge < -0.3 is 5.11 Å². The van der Waals surface area contributed by atoms with Crippen molar-refractivity contribution in [1.82, 2.24) is 5.43 Å². The SMILES string of the molecule is O=C1NN=C(CO)C1=Cc1ccccc1. The first kappa shape index (κ1) is 9.61. The number of carbonyl (C=O) groups is 1. The number of carbonyl (C=O) groups excluding carboxylic acids is 1. The Kier molecular flexibility index (Phi) is 2.60. The normalized spacial score (nSPS) is 17.8. The molecule has 0 atom stereocenters. The Morgan fingerprint density at radius 3 is 2.73 bits per heavy atom. The third kappa shape index (κ3) is 1.94. The number of rotatable bonds is 2. The van der Waals surface area contributed by atoms with Crippen molar-refractivity contribution in [2.45, 2.75) is 0 Å². The minimum atomic E-state index is -0.275. The van der Waals surface area contributed by atoms with Crippen molar-refractivity contribution in [3.05, 3.63) is 41.5 Å². The van der Waals surface area contributed by atoms with E-state index in [4.69, 9.17) is 5.11 Å². The van der Waals surface area contributed by atoms with Gasteiger partial charge in [-0.3, -0.25) is 4.79 Å². The maximum Gasteiger partial charge on any atom is 0.273 e. The van der Waals surface area contributed by atoms with E-state index in [1.54, 1.807) is 6.08 Å². The average molecular weight is 202 g/mol. The van der Waals surface area contributed by atoms with Gasteiger partial charge in [-0.15, -0.1) is 0 Å². The molecule has 0 spiro atoms. The average Bonchev–Trinajstić information content (AvgIpc) is 2.62. The molecule has 0 saturated heterocycles. The van der Waals surface area contributed by atoms with E-state index in [2.05, 4.69) is 10.5 Å². The van der Waals surface area contributed by atoms with Crippen LogP contribution in [0.5, 0.6) is 0 Å². The molecule has 0 radical (unpaired) electrons. The molecular weight excluding hydrogens is 192 g/mol. The topological polar surface area (TPSA) is 61.7 Å². The molecule has 4 heteroatoms. The van der Waals surface area contributed by atoms with Crippen molar-refractivity contribution in [2.75, 3.05) is 6.61 Å². The first-order valence-corrected chi connectivity index (χ1v) is 4.56. The number of hydrazone groups is 1. The molecule has 1 heterocycles. The van der Waals surface area contributed by atoms with Gasteiger partial charge >= 0.3 is 0 Å². The summed E-state index contributed by atoms with van der Waals surface area (Å²) in [5.41, 5.74) is 4.02. The summed E-state index contributed by atoms with van der Waals surface area (Å²) >= 11 is 0. The second kappa shape index (κ2) is 4.06. The summed E-state index contributed by atoms with van der Waals surface area (Å²) in [6.07, 6.45) is 1.71. The van der Waals surface area contributed by atoms with Crippen LogP contribution in [0, 0.1) is 0 Å². The molecule has 1 amide bonds. The first-order chi connectivity index (χ1) is 7.31. The lowest BCUT2D eigenvalue weighted by Crippen LogP contribution is -2.14. The molecule has 2 N–H and O–H groups in total. The molecule has 76 valence electrons. The maximum absolute atomic E-state index is 11.3. The molecular formula is C11H10N2O2. The van der Waals surface area contributed by atoms with E-state index in [0.29, 0.717) is 11.3 Å². The monoisotopic (exact) mass is 202 g/mol. The van der Waals surface area contributed by atoms with Gasteiger partial charge in [0.15, 0.2) is 0 Å². The quantitative estimate of drug-likeness (QED) is 0.688.